The summed E-state index contributed by atoms with van der Waals surface area (Å²) in [4.78, 5) is 0. The van der Waals surface area contributed by atoms with E-state index >= 15 is 0 Å². The fourth-order valence-electron chi connectivity index (χ4n) is 9.11. The van der Waals surface area contributed by atoms with Gasteiger partial charge in [0.15, 0.2) is 0 Å². The maximum Gasteiger partial charge on any atom is 0.143 e. The summed E-state index contributed by atoms with van der Waals surface area (Å²) in [6.45, 7) is 0. The maximum absolute atomic E-state index is 6.42. The Bertz CT molecular complexity index is 3400. The predicted molar refractivity (Wildman–Crippen MR) is 228 cm³/mol. The van der Waals surface area contributed by atoms with E-state index in [0.717, 1.165) is 33.1 Å². The monoisotopic (exact) mass is 685 g/mol. The highest BCUT2D eigenvalue weighted by molar-refractivity contribution is 6.28. The molecule has 12 aromatic rings. The molecule has 0 unspecified atom stereocenters. The van der Waals surface area contributed by atoms with Gasteiger partial charge in [-0.15, -0.1) is 0 Å². The van der Waals surface area contributed by atoms with E-state index in [-0.39, 0.29) is 0 Å². The van der Waals surface area contributed by atoms with Crippen LogP contribution in [0.2, 0.25) is 0 Å². The number of rotatable bonds is 4. The van der Waals surface area contributed by atoms with Crippen molar-refractivity contribution in [3.63, 3.8) is 0 Å². The second-order valence-corrected chi connectivity index (χ2v) is 14.4. The van der Waals surface area contributed by atoms with Gasteiger partial charge in [-0.2, -0.15) is 0 Å². The molecule has 250 valence electrons. The zero-order valence-electron chi connectivity index (χ0n) is 29.3. The molecular weight excluding hydrogens is 655 g/mol. The number of furan rings is 1. The standard InChI is InChI=1S/C52H31NO/c1-2-12-37(13-3-1)53-47-18-6-4-14-39(47)46-30-36(26-29-48(46)53)45-31-44(41-27-24-34-10-8-11-35-25-28-42(45)51(41)50(34)35)33-22-20-32(21-23-33)38-16-9-17-43-40-15-5-7-19-49(40)54-52(38)43/h1-31H. The molecule has 54 heavy (non-hydrogen) atoms. The highest BCUT2D eigenvalue weighted by Crippen LogP contribution is 2.46. The second kappa shape index (κ2) is 11.2. The van der Waals surface area contributed by atoms with Gasteiger partial charge in [-0.3, -0.25) is 0 Å². The summed E-state index contributed by atoms with van der Waals surface area (Å²) in [6.07, 6.45) is 0. The van der Waals surface area contributed by atoms with Crippen molar-refractivity contribution in [1.82, 2.24) is 4.57 Å². The molecule has 0 aliphatic carbocycles. The highest BCUT2D eigenvalue weighted by atomic mass is 16.3. The molecule has 2 heteroatoms. The van der Waals surface area contributed by atoms with Crippen LogP contribution in [0.15, 0.2) is 192 Å². The van der Waals surface area contributed by atoms with E-state index in [1.807, 2.05) is 12.1 Å². The van der Waals surface area contributed by atoms with Gasteiger partial charge in [-0.25, -0.2) is 0 Å². The van der Waals surface area contributed by atoms with Crippen molar-refractivity contribution < 1.29 is 4.42 Å². The molecule has 2 aromatic heterocycles. The molecule has 0 N–H and O–H groups in total. The van der Waals surface area contributed by atoms with Gasteiger partial charge in [0.1, 0.15) is 11.2 Å². The summed E-state index contributed by atoms with van der Waals surface area (Å²) in [5.41, 5.74) is 12.6. The Hall–Kier alpha value is -7.16. The molecule has 0 spiro atoms. The number of aromatic nitrogens is 1. The van der Waals surface area contributed by atoms with Crippen LogP contribution in [0.4, 0.5) is 0 Å². The van der Waals surface area contributed by atoms with Crippen molar-refractivity contribution >= 4 is 76.1 Å². The summed E-state index contributed by atoms with van der Waals surface area (Å²) in [5, 5.41) is 12.5. The summed E-state index contributed by atoms with van der Waals surface area (Å²) in [7, 11) is 0. The Morgan fingerprint density at radius 1 is 0.333 bits per heavy atom. The Kier molecular flexibility index (Phi) is 6.09. The average molecular weight is 686 g/mol. The van der Waals surface area contributed by atoms with Crippen LogP contribution in [0.1, 0.15) is 0 Å². The quantitative estimate of drug-likeness (QED) is 0.169. The van der Waals surface area contributed by atoms with Gasteiger partial charge >= 0.3 is 0 Å². The molecule has 0 amide bonds. The molecular formula is C52H31NO. The zero-order chi connectivity index (χ0) is 35.3. The van der Waals surface area contributed by atoms with E-state index in [2.05, 4.69) is 180 Å². The van der Waals surface area contributed by atoms with E-state index in [4.69, 9.17) is 4.42 Å². The first-order chi connectivity index (χ1) is 26.8. The van der Waals surface area contributed by atoms with Crippen LogP contribution >= 0.6 is 0 Å². The molecule has 0 saturated heterocycles. The third-order valence-electron chi connectivity index (χ3n) is 11.6. The number of hydrogen-bond donors (Lipinski definition) is 0. The minimum Gasteiger partial charge on any atom is -0.455 e. The van der Waals surface area contributed by atoms with Gasteiger partial charge in [0.05, 0.1) is 11.0 Å². The molecule has 0 saturated carbocycles. The number of benzene rings is 10. The number of nitrogens with zero attached hydrogens (tertiary/aromatic N) is 1. The van der Waals surface area contributed by atoms with Gasteiger partial charge < -0.3 is 8.98 Å². The Balaban J connectivity index is 1.09. The Morgan fingerprint density at radius 3 is 1.74 bits per heavy atom. The summed E-state index contributed by atoms with van der Waals surface area (Å²) in [6, 6.07) is 68.6. The molecule has 2 heterocycles. The lowest BCUT2D eigenvalue weighted by molar-refractivity contribution is 0.670. The fraction of sp³-hybridized carbons (Fsp3) is 0. The van der Waals surface area contributed by atoms with Gasteiger partial charge in [0, 0.05) is 32.8 Å². The minimum absolute atomic E-state index is 0.917. The maximum atomic E-state index is 6.42. The molecule has 0 aliphatic rings. The molecule has 0 radical (unpaired) electrons. The third kappa shape index (κ3) is 4.17. The molecule has 10 aromatic carbocycles. The van der Waals surface area contributed by atoms with Crippen molar-refractivity contribution in [3.05, 3.63) is 188 Å². The molecule has 0 fully saturated rings. The Labute approximate surface area is 311 Å². The zero-order valence-corrected chi connectivity index (χ0v) is 29.3. The normalized spacial score (nSPS) is 12.1. The van der Waals surface area contributed by atoms with Crippen LogP contribution < -0.4 is 0 Å². The summed E-state index contributed by atoms with van der Waals surface area (Å²) < 4.78 is 8.81. The van der Waals surface area contributed by atoms with Gasteiger partial charge in [-0.1, -0.05) is 146 Å². The average Bonchev–Trinajstić information content (AvgIpc) is 3.79. The first-order valence-electron chi connectivity index (χ1n) is 18.6. The SMILES string of the molecule is c1ccc(-n2c3ccccc3c3cc(-c4cc(-c5ccc(-c6cccc7c6oc6ccccc67)cc5)c5ccc6cccc7ccc4c5c67)ccc32)cc1. The molecule has 0 bridgehead atoms. The van der Waals surface area contributed by atoms with Crippen molar-refractivity contribution in [1.29, 1.82) is 0 Å². The minimum atomic E-state index is 0.917. The van der Waals surface area contributed by atoms with E-state index in [9.17, 15) is 0 Å². The van der Waals surface area contributed by atoms with Crippen LogP contribution in [-0.2, 0) is 0 Å². The molecule has 0 aliphatic heterocycles. The van der Waals surface area contributed by atoms with Gasteiger partial charge in [0.25, 0.3) is 0 Å². The topological polar surface area (TPSA) is 18.1 Å². The van der Waals surface area contributed by atoms with Crippen LogP contribution in [0.5, 0.6) is 0 Å². The molecule has 12 rings (SSSR count). The first kappa shape index (κ1) is 29.4. The smallest absolute Gasteiger partial charge is 0.143 e. The summed E-state index contributed by atoms with van der Waals surface area (Å²) >= 11 is 0. The van der Waals surface area contributed by atoms with Crippen LogP contribution in [0.25, 0.3) is 115 Å². The third-order valence-corrected chi connectivity index (χ3v) is 11.6. The van der Waals surface area contributed by atoms with Crippen molar-refractivity contribution in [2.45, 2.75) is 0 Å². The van der Waals surface area contributed by atoms with Gasteiger partial charge in [-0.05, 0) is 103 Å². The first-order valence-corrected chi connectivity index (χ1v) is 18.6. The Morgan fingerprint density at radius 2 is 0.944 bits per heavy atom. The van der Waals surface area contributed by atoms with Crippen molar-refractivity contribution in [2.24, 2.45) is 0 Å². The number of fused-ring (bicyclic) bond motifs is 6. The van der Waals surface area contributed by atoms with E-state index in [1.54, 1.807) is 0 Å². The second-order valence-electron chi connectivity index (χ2n) is 14.4. The molecule has 0 atom stereocenters. The van der Waals surface area contributed by atoms with E-state index < -0.39 is 0 Å². The van der Waals surface area contributed by atoms with E-state index in [1.165, 1.54) is 82.1 Å². The lowest BCUT2D eigenvalue weighted by atomic mass is 9.85. The van der Waals surface area contributed by atoms with Crippen LogP contribution in [0, 0.1) is 0 Å². The van der Waals surface area contributed by atoms with Crippen molar-refractivity contribution in [3.8, 4) is 39.1 Å². The lowest BCUT2D eigenvalue weighted by Gasteiger charge is -2.18. The highest BCUT2D eigenvalue weighted by Gasteiger charge is 2.19. The van der Waals surface area contributed by atoms with Crippen LogP contribution in [0.3, 0.4) is 0 Å². The largest absolute Gasteiger partial charge is 0.455 e. The van der Waals surface area contributed by atoms with Crippen LogP contribution in [-0.4, -0.2) is 4.57 Å². The van der Waals surface area contributed by atoms with Crippen molar-refractivity contribution in [2.75, 3.05) is 0 Å². The number of hydrogen-bond acceptors (Lipinski definition) is 1. The predicted octanol–water partition coefficient (Wildman–Crippen LogP) is 14.6. The van der Waals surface area contributed by atoms with E-state index in [0.29, 0.717) is 0 Å². The summed E-state index contributed by atoms with van der Waals surface area (Å²) in [5.74, 6) is 0. The number of para-hydroxylation sites is 4. The fourth-order valence-corrected chi connectivity index (χ4v) is 9.11. The lowest BCUT2D eigenvalue weighted by Crippen LogP contribution is -1.93. The molecule has 2 nitrogen and oxygen atoms in total. The van der Waals surface area contributed by atoms with Gasteiger partial charge in [0.2, 0.25) is 0 Å².